The summed E-state index contributed by atoms with van der Waals surface area (Å²) in [5, 5.41) is 9.01. The molecule has 0 bridgehead atoms. The van der Waals surface area contributed by atoms with Gasteiger partial charge in [-0.2, -0.15) is 26.3 Å². The molecule has 1 aliphatic heterocycles. The summed E-state index contributed by atoms with van der Waals surface area (Å²) in [5.74, 6) is -1.28. The van der Waals surface area contributed by atoms with Crippen LogP contribution in [-0.2, 0) is 17.2 Å². The molecule has 0 aromatic heterocycles. The molecule has 1 fully saturated rings. The number of aromatic carboxylic acids is 1. The number of hydroxylamine groups is 1. The van der Waals surface area contributed by atoms with Gasteiger partial charge in [-0.3, -0.25) is 0 Å². The largest absolute Gasteiger partial charge is 0.478 e. The first-order chi connectivity index (χ1) is 13.4. The molecule has 2 N–H and O–H groups in total. The third-order valence-electron chi connectivity index (χ3n) is 4.12. The summed E-state index contributed by atoms with van der Waals surface area (Å²) in [6.45, 7) is 0. The molecule has 1 saturated heterocycles. The Hall–Kier alpha value is -2.99. The minimum atomic E-state index is -5.08. The molecule has 29 heavy (non-hydrogen) atoms. The third-order valence-corrected chi connectivity index (χ3v) is 4.12. The van der Waals surface area contributed by atoms with Gasteiger partial charge in [0.05, 0.1) is 27.0 Å². The van der Waals surface area contributed by atoms with Gasteiger partial charge in [-0.15, -0.1) is 5.48 Å². The van der Waals surface area contributed by atoms with E-state index >= 15 is 0 Å². The number of hydrogen-bond acceptors (Lipinski definition) is 4. The van der Waals surface area contributed by atoms with Crippen molar-refractivity contribution in [1.82, 2.24) is 5.48 Å². The lowest BCUT2D eigenvalue weighted by molar-refractivity contribution is -0.630. The Morgan fingerprint density at radius 2 is 1.55 bits per heavy atom. The molecule has 0 radical (unpaired) electrons. The first-order valence-electron chi connectivity index (χ1n) is 7.87. The molecule has 1 heterocycles. The molecule has 0 amide bonds. The number of nitrogens with zero attached hydrogens (tertiary/aromatic N) is 1. The van der Waals surface area contributed by atoms with E-state index in [0.29, 0.717) is 12.1 Å². The number of alkyl halides is 6. The lowest BCUT2D eigenvalue weighted by Gasteiger charge is -2.14. The maximum Gasteiger partial charge on any atom is 0.416 e. The molecule has 0 aliphatic carbocycles. The molecule has 3 rings (SSSR count). The second kappa shape index (κ2) is 7.12. The second-order valence-corrected chi connectivity index (χ2v) is 6.12. The van der Waals surface area contributed by atoms with E-state index in [1.54, 1.807) is 0 Å². The molecule has 1 aliphatic rings. The maximum absolute atomic E-state index is 13.0. The van der Waals surface area contributed by atoms with Gasteiger partial charge in [-0.25, -0.2) is 9.63 Å². The minimum absolute atomic E-state index is 0.0607. The van der Waals surface area contributed by atoms with Gasteiger partial charge in [0.15, 0.2) is 0 Å². The van der Waals surface area contributed by atoms with E-state index in [-0.39, 0.29) is 22.0 Å². The zero-order valence-electron chi connectivity index (χ0n) is 14.1. The van der Waals surface area contributed by atoms with Gasteiger partial charge in [0, 0.05) is 10.5 Å². The molecule has 154 valence electrons. The number of carbonyl (C=O) groups is 1. The Kier molecular flexibility index (Phi) is 5.09. The van der Waals surface area contributed by atoms with E-state index in [9.17, 15) is 36.0 Å². The minimum Gasteiger partial charge on any atom is -0.478 e. The Morgan fingerprint density at radius 1 is 0.966 bits per heavy atom. The van der Waals surface area contributed by atoms with Gasteiger partial charge >= 0.3 is 30.7 Å². The van der Waals surface area contributed by atoms with E-state index in [4.69, 9.17) is 9.94 Å². The number of carboxylic acid groups (broad SMARTS) is 1. The summed E-state index contributed by atoms with van der Waals surface area (Å²) in [6, 6.07) is 5.78. The standard InChI is InChI=1S/C17H10F6N2O4/c18-16(19,20)11-5-10(6-12(7-11)17(21,22)23)14-25(28)13(24-29-14)8-2-1-3-9(4-8)15(26)27/h1-7,13-14,24H/p+1. The van der Waals surface area contributed by atoms with Crippen LogP contribution < -0.4 is 5.48 Å². The van der Waals surface area contributed by atoms with Crippen molar-refractivity contribution in [2.45, 2.75) is 24.7 Å². The second-order valence-electron chi connectivity index (χ2n) is 6.12. The van der Waals surface area contributed by atoms with E-state index in [1.165, 1.54) is 18.2 Å². The highest BCUT2D eigenvalue weighted by Gasteiger charge is 2.47. The SMILES string of the molecule is O=C(O)c1cccc(C2NOC(c3cc(C(F)(F)F)cc(C(F)(F)F)c3)[N+]2=O)c1. The van der Waals surface area contributed by atoms with Gasteiger partial charge in [0.1, 0.15) is 0 Å². The van der Waals surface area contributed by atoms with Crippen molar-refractivity contribution in [2.75, 3.05) is 0 Å². The van der Waals surface area contributed by atoms with Crippen LogP contribution in [0.25, 0.3) is 0 Å². The molecule has 2 aromatic rings. The maximum atomic E-state index is 13.0. The molecule has 2 unspecified atom stereocenters. The van der Waals surface area contributed by atoms with Crippen molar-refractivity contribution in [3.8, 4) is 0 Å². The van der Waals surface area contributed by atoms with Crippen molar-refractivity contribution in [2.24, 2.45) is 0 Å². The summed E-state index contributed by atoms with van der Waals surface area (Å²) in [6.07, 6.45) is -13.3. The zero-order chi connectivity index (χ0) is 21.6. The van der Waals surface area contributed by atoms with Crippen LogP contribution in [0.3, 0.4) is 0 Å². The van der Waals surface area contributed by atoms with Gasteiger partial charge in [0.2, 0.25) is 0 Å². The molecule has 2 aromatic carbocycles. The molecular formula is C17H11F6N2O4+. The van der Waals surface area contributed by atoms with Gasteiger partial charge in [-0.1, -0.05) is 12.1 Å². The summed E-state index contributed by atoms with van der Waals surface area (Å²) >= 11 is 0. The Morgan fingerprint density at radius 3 is 2.07 bits per heavy atom. The Bertz CT molecular complexity index is 941. The van der Waals surface area contributed by atoms with Crippen LogP contribution in [0.1, 0.15) is 45.0 Å². The number of nitrogens with one attached hydrogen (secondary N) is 1. The third kappa shape index (κ3) is 4.22. The van der Waals surface area contributed by atoms with Crippen molar-refractivity contribution in [3.63, 3.8) is 0 Å². The van der Waals surface area contributed by atoms with Crippen LogP contribution >= 0.6 is 0 Å². The predicted molar refractivity (Wildman–Crippen MR) is 83.2 cm³/mol. The number of benzene rings is 2. The van der Waals surface area contributed by atoms with Crippen LogP contribution in [-0.4, -0.2) is 15.8 Å². The fraction of sp³-hybridized carbons (Fsp3) is 0.235. The number of carboxylic acids is 1. The van der Waals surface area contributed by atoms with E-state index in [0.717, 1.165) is 6.07 Å². The molecule has 2 atom stereocenters. The van der Waals surface area contributed by atoms with Crippen LogP contribution in [0.4, 0.5) is 26.3 Å². The quantitative estimate of drug-likeness (QED) is 0.566. The molecule has 0 saturated carbocycles. The first-order valence-corrected chi connectivity index (χ1v) is 7.87. The predicted octanol–water partition coefficient (Wildman–Crippen LogP) is 4.43. The summed E-state index contributed by atoms with van der Waals surface area (Å²) < 4.78 is 78.2. The van der Waals surface area contributed by atoms with Crippen LogP contribution in [0.15, 0.2) is 42.5 Å². The Balaban J connectivity index is 1.99. The van der Waals surface area contributed by atoms with E-state index < -0.39 is 47.4 Å². The van der Waals surface area contributed by atoms with Crippen LogP contribution in [0.5, 0.6) is 0 Å². The van der Waals surface area contributed by atoms with Gasteiger partial charge in [-0.05, 0) is 30.3 Å². The molecule has 0 spiro atoms. The smallest absolute Gasteiger partial charge is 0.416 e. The first kappa shape index (κ1) is 20.7. The summed E-state index contributed by atoms with van der Waals surface area (Å²) in [7, 11) is 0. The van der Waals surface area contributed by atoms with Gasteiger partial charge in [0.25, 0.3) is 0 Å². The fourth-order valence-electron chi connectivity index (χ4n) is 2.76. The highest BCUT2D eigenvalue weighted by atomic mass is 19.4. The van der Waals surface area contributed by atoms with Crippen molar-refractivity contribution < 1.29 is 45.8 Å². The molecule has 6 nitrogen and oxygen atoms in total. The molecular weight excluding hydrogens is 410 g/mol. The van der Waals surface area contributed by atoms with Crippen LogP contribution in [0.2, 0.25) is 0 Å². The average molecular weight is 421 g/mol. The topological polar surface area (TPSA) is 78.6 Å². The highest BCUT2D eigenvalue weighted by Crippen LogP contribution is 2.40. The number of nitroso groups, excluding NO2 is 1. The normalized spacial score (nSPS) is 20.1. The van der Waals surface area contributed by atoms with Crippen molar-refractivity contribution in [3.05, 3.63) is 75.2 Å². The van der Waals surface area contributed by atoms with Crippen molar-refractivity contribution in [1.29, 1.82) is 0 Å². The zero-order valence-corrected chi connectivity index (χ0v) is 14.1. The van der Waals surface area contributed by atoms with Gasteiger partial charge < -0.3 is 5.11 Å². The fourth-order valence-corrected chi connectivity index (χ4v) is 2.76. The molecule has 12 heteroatoms. The lowest BCUT2D eigenvalue weighted by Crippen LogP contribution is -2.19. The summed E-state index contributed by atoms with van der Waals surface area (Å²) in [5.41, 5.74) is -1.69. The Labute approximate surface area is 158 Å². The number of rotatable bonds is 3. The van der Waals surface area contributed by atoms with E-state index in [1.807, 2.05) is 0 Å². The average Bonchev–Trinajstić information content (AvgIpc) is 3.01. The lowest BCUT2D eigenvalue weighted by atomic mass is 10.0. The number of halogens is 6. The van der Waals surface area contributed by atoms with Crippen molar-refractivity contribution >= 4 is 5.97 Å². The van der Waals surface area contributed by atoms with Crippen LogP contribution in [0, 0.1) is 4.91 Å². The summed E-state index contributed by atoms with van der Waals surface area (Å²) in [4.78, 5) is 28.5. The number of hydrogen-bond donors (Lipinski definition) is 2. The van der Waals surface area contributed by atoms with E-state index in [2.05, 4.69) is 5.48 Å². The highest BCUT2D eigenvalue weighted by molar-refractivity contribution is 5.87. The monoisotopic (exact) mass is 421 g/mol.